The number of amides is 1. The highest BCUT2D eigenvalue weighted by Crippen LogP contribution is 2.33. The minimum atomic E-state index is -0.690. The average Bonchev–Trinajstić information content (AvgIpc) is 2.86. The number of benzene rings is 1. The van der Waals surface area contributed by atoms with Gasteiger partial charge in [0.1, 0.15) is 6.61 Å². The van der Waals surface area contributed by atoms with Gasteiger partial charge in [-0.15, -0.1) is 0 Å². The predicted octanol–water partition coefficient (Wildman–Crippen LogP) is 3.83. The van der Waals surface area contributed by atoms with Crippen LogP contribution in [0.4, 0.5) is 5.69 Å². The molecule has 10 nitrogen and oxygen atoms in total. The fourth-order valence-corrected chi connectivity index (χ4v) is 3.86. The van der Waals surface area contributed by atoms with Gasteiger partial charge < -0.3 is 14.8 Å². The molecule has 0 saturated carbocycles. The van der Waals surface area contributed by atoms with Crippen molar-refractivity contribution in [1.29, 1.82) is 0 Å². The van der Waals surface area contributed by atoms with Gasteiger partial charge in [-0.1, -0.05) is 12.1 Å². The van der Waals surface area contributed by atoms with Crippen LogP contribution in [0, 0.1) is 24.0 Å². The molecule has 0 unspecified atom stereocenters. The number of non-ortho nitro benzene ring substituents is 1. The molecule has 2 aromatic heterocycles. The van der Waals surface area contributed by atoms with Crippen molar-refractivity contribution in [2.75, 3.05) is 26.9 Å². The minimum Gasteiger partial charge on any atom is -0.460 e. The van der Waals surface area contributed by atoms with Crippen LogP contribution >= 0.6 is 0 Å². The smallest absolute Gasteiger partial charge is 0.340 e. The number of aromatic nitrogens is 2. The van der Waals surface area contributed by atoms with Crippen molar-refractivity contribution < 1.29 is 24.0 Å². The maximum atomic E-state index is 13.4. The largest absolute Gasteiger partial charge is 0.460 e. The van der Waals surface area contributed by atoms with Crippen molar-refractivity contribution in [3.05, 3.63) is 87.0 Å². The molecule has 10 heteroatoms. The van der Waals surface area contributed by atoms with Gasteiger partial charge in [0, 0.05) is 43.7 Å². The first-order chi connectivity index (χ1) is 17.3. The number of esters is 1. The Morgan fingerprint density at radius 1 is 1.06 bits per heavy atom. The molecule has 0 fully saturated rings. The van der Waals surface area contributed by atoms with Crippen LogP contribution in [0.25, 0.3) is 11.1 Å². The van der Waals surface area contributed by atoms with E-state index in [-0.39, 0.29) is 35.6 Å². The monoisotopic (exact) mass is 492 g/mol. The van der Waals surface area contributed by atoms with E-state index in [0.29, 0.717) is 29.9 Å². The second kappa shape index (κ2) is 12.5. The molecule has 0 radical (unpaired) electrons. The van der Waals surface area contributed by atoms with Gasteiger partial charge in [0.15, 0.2) is 0 Å². The average molecular weight is 493 g/mol. The summed E-state index contributed by atoms with van der Waals surface area (Å²) < 4.78 is 10.3. The first-order valence-corrected chi connectivity index (χ1v) is 11.4. The number of nitro groups is 1. The molecule has 3 aromatic rings. The molecular weight excluding hydrogens is 464 g/mol. The number of pyridine rings is 2. The summed E-state index contributed by atoms with van der Waals surface area (Å²) in [4.78, 5) is 45.8. The molecule has 36 heavy (non-hydrogen) atoms. The highest BCUT2D eigenvalue weighted by atomic mass is 16.6. The van der Waals surface area contributed by atoms with Gasteiger partial charge >= 0.3 is 5.97 Å². The third-order valence-electron chi connectivity index (χ3n) is 5.53. The number of carbonyl (C=O) groups is 2. The van der Waals surface area contributed by atoms with Crippen LogP contribution in [-0.4, -0.2) is 53.6 Å². The van der Waals surface area contributed by atoms with Gasteiger partial charge in [-0.2, -0.15) is 0 Å². The Morgan fingerprint density at radius 3 is 2.47 bits per heavy atom. The SMILES string of the molecule is COCCOC(=O)c1c(C)nc(C)c(C(=O)NCCCc2ccncc2)c1-c1cccc([N+](=O)[O-])c1. The molecule has 2 heterocycles. The fourth-order valence-electron chi connectivity index (χ4n) is 3.86. The third kappa shape index (κ3) is 6.48. The van der Waals surface area contributed by atoms with Crippen LogP contribution in [0.5, 0.6) is 0 Å². The van der Waals surface area contributed by atoms with Gasteiger partial charge in [0.05, 0.1) is 34.0 Å². The zero-order valence-electron chi connectivity index (χ0n) is 20.4. The van der Waals surface area contributed by atoms with Crippen molar-refractivity contribution in [2.45, 2.75) is 26.7 Å². The molecule has 0 aliphatic rings. The molecule has 0 atom stereocenters. The second-order valence-corrected chi connectivity index (χ2v) is 8.06. The molecule has 188 valence electrons. The first-order valence-electron chi connectivity index (χ1n) is 11.4. The maximum absolute atomic E-state index is 13.4. The lowest BCUT2D eigenvalue weighted by Gasteiger charge is -2.18. The predicted molar refractivity (Wildman–Crippen MR) is 133 cm³/mol. The normalized spacial score (nSPS) is 10.6. The lowest BCUT2D eigenvalue weighted by Crippen LogP contribution is -2.28. The van der Waals surface area contributed by atoms with E-state index in [1.165, 1.54) is 25.3 Å². The van der Waals surface area contributed by atoms with E-state index in [2.05, 4.69) is 15.3 Å². The number of nitrogens with one attached hydrogen (secondary N) is 1. The molecule has 0 spiro atoms. The summed E-state index contributed by atoms with van der Waals surface area (Å²) in [6.45, 7) is 3.89. The van der Waals surface area contributed by atoms with Crippen molar-refractivity contribution in [3.8, 4) is 11.1 Å². The lowest BCUT2D eigenvalue weighted by atomic mass is 9.91. The van der Waals surface area contributed by atoms with Gasteiger partial charge in [-0.25, -0.2) is 4.79 Å². The fraction of sp³-hybridized carbons (Fsp3) is 0.308. The molecular formula is C26H28N4O6. The van der Waals surface area contributed by atoms with Crippen LogP contribution in [0.3, 0.4) is 0 Å². The number of hydrogen-bond acceptors (Lipinski definition) is 8. The van der Waals surface area contributed by atoms with E-state index >= 15 is 0 Å². The second-order valence-electron chi connectivity index (χ2n) is 8.06. The zero-order valence-corrected chi connectivity index (χ0v) is 20.4. The van der Waals surface area contributed by atoms with Gasteiger partial charge in [-0.3, -0.25) is 24.9 Å². The van der Waals surface area contributed by atoms with Crippen molar-refractivity contribution in [2.24, 2.45) is 0 Å². The third-order valence-corrected chi connectivity index (χ3v) is 5.53. The summed E-state index contributed by atoms with van der Waals surface area (Å²) in [6, 6.07) is 9.64. The summed E-state index contributed by atoms with van der Waals surface area (Å²) in [7, 11) is 1.48. The maximum Gasteiger partial charge on any atom is 0.340 e. The van der Waals surface area contributed by atoms with E-state index in [1.807, 2.05) is 12.1 Å². The Bertz CT molecular complexity index is 1250. The Hall–Kier alpha value is -4.18. The number of rotatable bonds is 11. The highest BCUT2D eigenvalue weighted by molar-refractivity contribution is 6.09. The van der Waals surface area contributed by atoms with Crippen LogP contribution < -0.4 is 5.32 Å². The van der Waals surface area contributed by atoms with E-state index < -0.39 is 16.8 Å². The Balaban J connectivity index is 1.99. The number of nitrogens with zero attached hydrogens (tertiary/aromatic N) is 3. The minimum absolute atomic E-state index is 0.00750. The van der Waals surface area contributed by atoms with Crippen LogP contribution in [0.2, 0.25) is 0 Å². The van der Waals surface area contributed by atoms with E-state index in [1.54, 1.807) is 32.3 Å². The van der Waals surface area contributed by atoms with Crippen LogP contribution in [0.15, 0.2) is 48.8 Å². The van der Waals surface area contributed by atoms with Crippen molar-refractivity contribution in [3.63, 3.8) is 0 Å². The molecule has 0 aliphatic carbocycles. The number of ether oxygens (including phenoxy) is 2. The molecule has 3 rings (SSSR count). The summed E-state index contributed by atoms with van der Waals surface area (Å²) in [5.41, 5.74) is 2.53. The van der Waals surface area contributed by atoms with Crippen LogP contribution in [0.1, 0.15) is 44.1 Å². The number of aryl methyl sites for hydroxylation is 3. The van der Waals surface area contributed by atoms with E-state index in [0.717, 1.165) is 12.0 Å². The number of methoxy groups -OCH3 is 1. The number of nitro benzene ring substituents is 1. The summed E-state index contributed by atoms with van der Waals surface area (Å²) in [6.07, 6.45) is 4.87. The van der Waals surface area contributed by atoms with E-state index in [9.17, 15) is 19.7 Å². The first kappa shape index (κ1) is 26.4. The number of carbonyl (C=O) groups excluding carboxylic acids is 2. The number of hydrogen-bond donors (Lipinski definition) is 1. The topological polar surface area (TPSA) is 134 Å². The Morgan fingerprint density at radius 2 is 1.78 bits per heavy atom. The van der Waals surface area contributed by atoms with Gasteiger partial charge in [0.25, 0.3) is 11.6 Å². The Kier molecular flexibility index (Phi) is 9.18. The van der Waals surface area contributed by atoms with Crippen molar-refractivity contribution >= 4 is 17.6 Å². The van der Waals surface area contributed by atoms with Gasteiger partial charge in [-0.05, 0) is 49.9 Å². The molecule has 0 bridgehead atoms. The standard InChI is InChI=1S/C26H28N4O6/c1-17-22(25(31)28-11-5-6-19-9-12-27-13-10-19)24(20-7-4-8-21(16-20)30(33)34)23(18(2)29-17)26(32)36-15-14-35-3/h4,7-10,12-13,16H,5-6,11,14-15H2,1-3H3,(H,28,31). The molecule has 0 saturated heterocycles. The zero-order chi connectivity index (χ0) is 26.1. The van der Waals surface area contributed by atoms with Crippen molar-refractivity contribution in [1.82, 2.24) is 15.3 Å². The summed E-state index contributed by atoms with van der Waals surface area (Å²) in [5, 5.41) is 14.3. The van der Waals surface area contributed by atoms with Crippen LogP contribution in [-0.2, 0) is 15.9 Å². The molecule has 1 amide bonds. The van der Waals surface area contributed by atoms with E-state index in [4.69, 9.17) is 9.47 Å². The lowest BCUT2D eigenvalue weighted by molar-refractivity contribution is -0.384. The molecule has 1 aromatic carbocycles. The van der Waals surface area contributed by atoms with Gasteiger partial charge in [0.2, 0.25) is 0 Å². The highest BCUT2D eigenvalue weighted by Gasteiger charge is 2.27. The quantitative estimate of drug-likeness (QED) is 0.185. The summed E-state index contributed by atoms with van der Waals surface area (Å²) in [5.74, 6) is -1.12. The molecule has 0 aliphatic heterocycles. The molecule has 1 N–H and O–H groups in total. The summed E-state index contributed by atoms with van der Waals surface area (Å²) >= 11 is 0. The Labute approximate surface area is 208 Å².